The Labute approximate surface area is 104 Å². The maximum absolute atomic E-state index is 5.89. The molecule has 1 aliphatic rings. The highest BCUT2D eigenvalue weighted by molar-refractivity contribution is 5.28. The Hall–Kier alpha value is -1.02. The third-order valence-electron chi connectivity index (χ3n) is 3.80. The van der Waals surface area contributed by atoms with E-state index in [1.54, 1.807) is 0 Å². The number of rotatable bonds is 4. The molecule has 0 spiro atoms. The van der Waals surface area contributed by atoms with Gasteiger partial charge in [0, 0.05) is 11.5 Å². The molecule has 0 bridgehead atoms. The maximum atomic E-state index is 5.89. The maximum Gasteiger partial charge on any atom is 0.119 e. The summed E-state index contributed by atoms with van der Waals surface area (Å²) in [5.41, 5.74) is 7.36. The van der Waals surface area contributed by atoms with Crippen LogP contribution in [0.2, 0.25) is 0 Å². The fourth-order valence-electron chi connectivity index (χ4n) is 2.50. The molecule has 0 aliphatic heterocycles. The summed E-state index contributed by atoms with van der Waals surface area (Å²) in [6.07, 6.45) is 5.29. The molecule has 0 unspecified atom stereocenters. The Balaban J connectivity index is 1.90. The van der Waals surface area contributed by atoms with Crippen molar-refractivity contribution in [2.24, 2.45) is 11.1 Å². The number of nitrogens with two attached hydrogens (primary N) is 1. The van der Waals surface area contributed by atoms with Gasteiger partial charge in [0.15, 0.2) is 0 Å². The zero-order valence-corrected chi connectivity index (χ0v) is 10.9. The van der Waals surface area contributed by atoms with E-state index >= 15 is 0 Å². The standard InChI is InChI=1S/C15H23NO/c1-12(16)13-5-7-14(8-6-13)17-11-15(2)9-3-4-10-15/h5-8,12H,3-4,9-11,16H2,1-2H3/t12-/m0/s1. The molecule has 0 heterocycles. The highest BCUT2D eigenvalue weighted by atomic mass is 16.5. The summed E-state index contributed by atoms with van der Waals surface area (Å²) in [7, 11) is 0. The van der Waals surface area contributed by atoms with Crippen LogP contribution < -0.4 is 10.5 Å². The largest absolute Gasteiger partial charge is 0.493 e. The molecular formula is C15H23NO. The Morgan fingerprint density at radius 3 is 2.35 bits per heavy atom. The van der Waals surface area contributed by atoms with Crippen molar-refractivity contribution in [2.45, 2.75) is 45.6 Å². The number of ether oxygens (including phenoxy) is 1. The lowest BCUT2D eigenvalue weighted by Crippen LogP contribution is -2.21. The zero-order valence-electron chi connectivity index (χ0n) is 10.9. The first kappa shape index (κ1) is 12.4. The van der Waals surface area contributed by atoms with Gasteiger partial charge >= 0.3 is 0 Å². The van der Waals surface area contributed by atoms with E-state index in [2.05, 4.69) is 19.1 Å². The van der Waals surface area contributed by atoms with Crippen LogP contribution in [0.5, 0.6) is 5.75 Å². The van der Waals surface area contributed by atoms with Crippen molar-refractivity contribution < 1.29 is 4.74 Å². The fourth-order valence-corrected chi connectivity index (χ4v) is 2.50. The van der Waals surface area contributed by atoms with Crippen LogP contribution in [-0.4, -0.2) is 6.61 Å². The van der Waals surface area contributed by atoms with E-state index in [1.165, 1.54) is 25.7 Å². The second kappa shape index (κ2) is 5.09. The molecule has 2 N–H and O–H groups in total. The molecule has 17 heavy (non-hydrogen) atoms. The Bertz CT molecular complexity index is 350. The molecule has 1 fully saturated rings. The van der Waals surface area contributed by atoms with Gasteiger partial charge in [-0.1, -0.05) is 31.9 Å². The van der Waals surface area contributed by atoms with Gasteiger partial charge in [-0.2, -0.15) is 0 Å². The van der Waals surface area contributed by atoms with Gasteiger partial charge in [0.1, 0.15) is 5.75 Å². The van der Waals surface area contributed by atoms with Crippen LogP contribution in [0, 0.1) is 5.41 Å². The molecule has 0 radical (unpaired) electrons. The van der Waals surface area contributed by atoms with Gasteiger partial charge in [-0.05, 0) is 37.5 Å². The van der Waals surface area contributed by atoms with E-state index in [1.807, 2.05) is 19.1 Å². The van der Waals surface area contributed by atoms with Crippen molar-refractivity contribution in [3.8, 4) is 5.75 Å². The van der Waals surface area contributed by atoms with Crippen LogP contribution in [0.4, 0.5) is 0 Å². The SMILES string of the molecule is C[C@H](N)c1ccc(OCC2(C)CCCC2)cc1. The van der Waals surface area contributed by atoms with Crippen molar-refractivity contribution in [2.75, 3.05) is 6.61 Å². The van der Waals surface area contributed by atoms with Crippen LogP contribution in [0.25, 0.3) is 0 Å². The number of hydrogen-bond donors (Lipinski definition) is 1. The number of hydrogen-bond acceptors (Lipinski definition) is 2. The highest BCUT2D eigenvalue weighted by Crippen LogP contribution is 2.37. The predicted molar refractivity (Wildman–Crippen MR) is 71.1 cm³/mol. The Kier molecular flexibility index (Phi) is 3.72. The lowest BCUT2D eigenvalue weighted by atomic mass is 9.90. The third kappa shape index (κ3) is 3.22. The highest BCUT2D eigenvalue weighted by Gasteiger charge is 2.29. The second-order valence-electron chi connectivity index (χ2n) is 5.66. The molecule has 0 saturated heterocycles. The first-order valence-electron chi connectivity index (χ1n) is 6.57. The minimum absolute atomic E-state index is 0.0939. The first-order valence-corrected chi connectivity index (χ1v) is 6.57. The Morgan fingerprint density at radius 1 is 1.24 bits per heavy atom. The summed E-state index contributed by atoms with van der Waals surface area (Å²) in [4.78, 5) is 0. The smallest absolute Gasteiger partial charge is 0.119 e. The summed E-state index contributed by atoms with van der Waals surface area (Å²) in [5, 5.41) is 0. The van der Waals surface area contributed by atoms with Crippen LogP contribution in [0.15, 0.2) is 24.3 Å². The molecule has 0 amide bonds. The summed E-state index contributed by atoms with van der Waals surface area (Å²) < 4.78 is 5.89. The van der Waals surface area contributed by atoms with E-state index in [4.69, 9.17) is 10.5 Å². The molecule has 1 aromatic carbocycles. The van der Waals surface area contributed by atoms with Crippen molar-refractivity contribution in [3.05, 3.63) is 29.8 Å². The minimum atomic E-state index is 0.0939. The van der Waals surface area contributed by atoms with Gasteiger partial charge in [-0.15, -0.1) is 0 Å². The van der Waals surface area contributed by atoms with Crippen LogP contribution >= 0.6 is 0 Å². The van der Waals surface area contributed by atoms with Gasteiger partial charge in [0.2, 0.25) is 0 Å². The normalized spacial score (nSPS) is 20.2. The predicted octanol–water partition coefficient (Wildman–Crippen LogP) is 3.67. The van der Waals surface area contributed by atoms with E-state index in [0.29, 0.717) is 5.41 Å². The van der Waals surface area contributed by atoms with Gasteiger partial charge < -0.3 is 10.5 Å². The molecule has 2 rings (SSSR count). The van der Waals surface area contributed by atoms with E-state index < -0.39 is 0 Å². The molecule has 0 aromatic heterocycles. The van der Waals surface area contributed by atoms with Crippen molar-refractivity contribution in [3.63, 3.8) is 0 Å². The van der Waals surface area contributed by atoms with Crippen molar-refractivity contribution in [1.29, 1.82) is 0 Å². The molecule has 1 atom stereocenters. The molecule has 1 saturated carbocycles. The summed E-state index contributed by atoms with van der Waals surface area (Å²) >= 11 is 0. The van der Waals surface area contributed by atoms with Crippen LogP contribution in [0.1, 0.15) is 51.1 Å². The third-order valence-corrected chi connectivity index (χ3v) is 3.80. The lowest BCUT2D eigenvalue weighted by Gasteiger charge is -2.23. The monoisotopic (exact) mass is 233 g/mol. The molecule has 2 heteroatoms. The van der Waals surface area contributed by atoms with Crippen LogP contribution in [-0.2, 0) is 0 Å². The average Bonchev–Trinajstić information content (AvgIpc) is 2.75. The molecule has 2 nitrogen and oxygen atoms in total. The summed E-state index contributed by atoms with van der Waals surface area (Å²) in [5.74, 6) is 0.961. The average molecular weight is 233 g/mol. The summed E-state index contributed by atoms with van der Waals surface area (Å²) in [6, 6.07) is 8.25. The first-order chi connectivity index (χ1) is 8.09. The second-order valence-corrected chi connectivity index (χ2v) is 5.66. The zero-order chi connectivity index (χ0) is 12.3. The van der Waals surface area contributed by atoms with E-state index in [-0.39, 0.29) is 6.04 Å². The Morgan fingerprint density at radius 2 is 1.82 bits per heavy atom. The molecule has 1 aromatic rings. The topological polar surface area (TPSA) is 35.2 Å². The number of benzene rings is 1. The molecular weight excluding hydrogens is 210 g/mol. The van der Waals surface area contributed by atoms with Gasteiger partial charge in [0.25, 0.3) is 0 Å². The quantitative estimate of drug-likeness (QED) is 0.861. The van der Waals surface area contributed by atoms with Gasteiger partial charge in [0.05, 0.1) is 6.61 Å². The fraction of sp³-hybridized carbons (Fsp3) is 0.600. The molecule has 94 valence electrons. The van der Waals surface area contributed by atoms with Crippen molar-refractivity contribution in [1.82, 2.24) is 0 Å². The summed E-state index contributed by atoms with van der Waals surface area (Å²) in [6.45, 7) is 5.16. The van der Waals surface area contributed by atoms with Crippen molar-refractivity contribution >= 4 is 0 Å². The van der Waals surface area contributed by atoms with Gasteiger partial charge in [-0.3, -0.25) is 0 Å². The van der Waals surface area contributed by atoms with E-state index in [0.717, 1.165) is 17.9 Å². The minimum Gasteiger partial charge on any atom is -0.493 e. The van der Waals surface area contributed by atoms with Gasteiger partial charge in [-0.25, -0.2) is 0 Å². The van der Waals surface area contributed by atoms with Crippen LogP contribution in [0.3, 0.4) is 0 Å². The molecule has 1 aliphatic carbocycles. The lowest BCUT2D eigenvalue weighted by molar-refractivity contribution is 0.168. The van der Waals surface area contributed by atoms with E-state index in [9.17, 15) is 0 Å².